The van der Waals surface area contributed by atoms with Gasteiger partial charge < -0.3 is 33.8 Å². The fraction of sp³-hybridized carbons (Fsp3) is 0.797. The molecule has 0 spiro atoms. The van der Waals surface area contributed by atoms with Crippen LogP contribution in [0.15, 0.2) is 72.9 Å². The molecular weight excluding hydrogens is 1280 g/mol. The monoisotopic (exact) mass is 1420 g/mol. The molecule has 5 atom stereocenters. The molecule has 0 aromatic carbocycles. The zero-order valence-electron chi connectivity index (χ0n) is 62.2. The number of phosphoric ester groups is 2. The van der Waals surface area contributed by atoms with E-state index in [1.54, 1.807) is 0 Å². The summed E-state index contributed by atoms with van der Waals surface area (Å²) >= 11 is 0. The number of allylic oxidation sites excluding steroid dienone is 12. The molecule has 0 aromatic heterocycles. The summed E-state index contributed by atoms with van der Waals surface area (Å²) in [6, 6.07) is 0. The number of unbranched alkanes of at least 4 members (excludes halogenated alkanes) is 38. The third-order valence-corrected chi connectivity index (χ3v) is 18.6. The quantitative estimate of drug-likeness (QED) is 0.0128. The average Bonchev–Trinajstić information content (AvgIpc) is 1.04. The van der Waals surface area contributed by atoms with Crippen LogP contribution in [-0.4, -0.2) is 96.7 Å². The van der Waals surface area contributed by atoms with Crippen LogP contribution in [-0.2, 0) is 65.4 Å². The van der Waals surface area contributed by atoms with E-state index in [0.29, 0.717) is 25.7 Å². The molecule has 0 aliphatic rings. The van der Waals surface area contributed by atoms with Crippen LogP contribution < -0.4 is 0 Å². The van der Waals surface area contributed by atoms with Crippen molar-refractivity contribution < 1.29 is 80.2 Å². The van der Waals surface area contributed by atoms with Crippen molar-refractivity contribution in [2.24, 2.45) is 0 Å². The van der Waals surface area contributed by atoms with E-state index in [4.69, 9.17) is 37.0 Å². The summed E-state index contributed by atoms with van der Waals surface area (Å²) in [4.78, 5) is 72.9. The van der Waals surface area contributed by atoms with Crippen molar-refractivity contribution in [1.82, 2.24) is 0 Å². The third-order valence-electron chi connectivity index (χ3n) is 16.7. The Morgan fingerprint density at radius 2 is 0.500 bits per heavy atom. The van der Waals surface area contributed by atoms with E-state index in [1.165, 1.54) is 116 Å². The number of aliphatic hydroxyl groups is 1. The van der Waals surface area contributed by atoms with E-state index in [9.17, 15) is 43.2 Å². The molecule has 98 heavy (non-hydrogen) atoms. The van der Waals surface area contributed by atoms with Gasteiger partial charge in [0.15, 0.2) is 12.2 Å². The number of esters is 4. The van der Waals surface area contributed by atoms with Crippen molar-refractivity contribution in [3.8, 4) is 0 Å². The number of rotatable bonds is 74. The maximum absolute atomic E-state index is 13.1. The van der Waals surface area contributed by atoms with Gasteiger partial charge in [-0.3, -0.25) is 37.3 Å². The lowest BCUT2D eigenvalue weighted by Gasteiger charge is -2.21. The maximum atomic E-state index is 13.1. The lowest BCUT2D eigenvalue weighted by Crippen LogP contribution is -2.30. The SMILES string of the molecule is CCCCCC/C=C\C=C/CCCCCCCC(=O)OC[C@H](COP(=O)(O)OC[C@@H](O)COP(=O)(O)OC[C@@H](COC(=O)CCCCCCC/C=C\CCCCCCCC)OC(=O)CCCCCCC/C=C\CCCCCC)OC(=O)CCCCCCC/C=C\C=C/CCCCCC. The standard InChI is InChI=1S/C79H142O17P2/c1-5-9-13-17-21-25-29-33-36-40-43-47-51-55-59-63-76(81)89-69-74(95-78(83)65-61-57-53-49-45-39-32-28-24-20-16-12-8-4)71-93-97(85,86)91-67-73(80)68-92-98(87,88)94-72-75(96-79(84)66-62-58-54-50-46-42-38-35-31-27-23-19-15-11-7-3)70-90-77(82)64-60-56-52-48-44-41-37-34-30-26-22-18-14-10-6-2/h26-28,30-38,73-75,80H,5-25,29,39-72H2,1-4H3,(H,85,86)(H,87,88)/b30-26-,31-27-,32-28-,36-33-,37-34-,38-35-/t73-,74+,75+/m0/s1. The van der Waals surface area contributed by atoms with Gasteiger partial charge in [-0.15, -0.1) is 0 Å². The Kier molecular flexibility index (Phi) is 69.3. The van der Waals surface area contributed by atoms with Crippen molar-refractivity contribution in [3.63, 3.8) is 0 Å². The number of carbonyl (C=O) groups is 4. The first-order chi connectivity index (χ1) is 47.7. The van der Waals surface area contributed by atoms with Crippen molar-refractivity contribution in [1.29, 1.82) is 0 Å². The van der Waals surface area contributed by atoms with Gasteiger partial charge in [0.05, 0.1) is 26.4 Å². The molecule has 3 N–H and O–H groups in total. The molecule has 0 amide bonds. The van der Waals surface area contributed by atoms with Crippen LogP contribution in [0.25, 0.3) is 0 Å². The topological polar surface area (TPSA) is 237 Å². The Balaban J connectivity index is 5.36. The summed E-state index contributed by atoms with van der Waals surface area (Å²) in [5.41, 5.74) is 0. The number of carbonyl (C=O) groups excluding carboxylic acids is 4. The Bertz CT molecular complexity index is 2140. The van der Waals surface area contributed by atoms with Gasteiger partial charge in [-0.05, 0) is 128 Å². The second kappa shape index (κ2) is 71.9. The normalized spacial score (nSPS) is 14.3. The minimum Gasteiger partial charge on any atom is -0.462 e. The first-order valence-electron chi connectivity index (χ1n) is 39.2. The van der Waals surface area contributed by atoms with Crippen LogP contribution in [0.2, 0.25) is 0 Å². The lowest BCUT2D eigenvalue weighted by molar-refractivity contribution is -0.161. The second-order valence-electron chi connectivity index (χ2n) is 26.3. The molecule has 0 saturated heterocycles. The Morgan fingerprint density at radius 3 is 0.776 bits per heavy atom. The van der Waals surface area contributed by atoms with Crippen molar-refractivity contribution in [2.45, 2.75) is 367 Å². The number of phosphoric acid groups is 2. The van der Waals surface area contributed by atoms with Crippen LogP contribution >= 0.6 is 15.6 Å². The van der Waals surface area contributed by atoms with E-state index in [2.05, 4.69) is 101 Å². The predicted molar refractivity (Wildman–Crippen MR) is 400 cm³/mol. The van der Waals surface area contributed by atoms with Gasteiger partial charge in [0.1, 0.15) is 19.3 Å². The highest BCUT2D eigenvalue weighted by Gasteiger charge is 2.30. The van der Waals surface area contributed by atoms with Crippen LogP contribution in [0.4, 0.5) is 0 Å². The molecule has 570 valence electrons. The predicted octanol–water partition coefficient (Wildman–Crippen LogP) is 22.4. The summed E-state index contributed by atoms with van der Waals surface area (Å²) in [6.07, 6.45) is 71.6. The molecule has 0 radical (unpaired) electrons. The summed E-state index contributed by atoms with van der Waals surface area (Å²) < 4.78 is 68.5. The van der Waals surface area contributed by atoms with Crippen molar-refractivity contribution in [2.75, 3.05) is 39.6 Å². The van der Waals surface area contributed by atoms with Gasteiger partial charge in [0, 0.05) is 25.7 Å². The largest absolute Gasteiger partial charge is 0.472 e. The molecule has 0 aliphatic heterocycles. The number of aliphatic hydroxyl groups excluding tert-OH is 1. The molecule has 0 bridgehead atoms. The number of hydrogen-bond acceptors (Lipinski definition) is 15. The van der Waals surface area contributed by atoms with Crippen molar-refractivity contribution in [3.05, 3.63) is 72.9 Å². The summed E-state index contributed by atoms with van der Waals surface area (Å²) in [5, 5.41) is 10.6. The Morgan fingerprint density at radius 1 is 0.286 bits per heavy atom. The molecule has 2 unspecified atom stereocenters. The summed E-state index contributed by atoms with van der Waals surface area (Å²) in [6.45, 7) is 4.80. The fourth-order valence-corrected chi connectivity index (χ4v) is 12.2. The first-order valence-corrected chi connectivity index (χ1v) is 42.2. The van der Waals surface area contributed by atoms with Gasteiger partial charge in [0.2, 0.25) is 0 Å². The molecular formula is C79H142O17P2. The Labute approximate surface area is 596 Å². The average molecular weight is 1430 g/mol. The lowest BCUT2D eigenvalue weighted by atomic mass is 10.1. The maximum Gasteiger partial charge on any atom is 0.472 e. The number of hydrogen-bond donors (Lipinski definition) is 3. The molecule has 0 heterocycles. The van der Waals surface area contributed by atoms with Crippen molar-refractivity contribution >= 4 is 39.5 Å². The fourth-order valence-electron chi connectivity index (χ4n) is 10.6. The molecule has 0 saturated carbocycles. The minimum absolute atomic E-state index is 0.0759. The van der Waals surface area contributed by atoms with E-state index in [-0.39, 0.29) is 25.7 Å². The van der Waals surface area contributed by atoms with E-state index >= 15 is 0 Å². The van der Waals surface area contributed by atoms with E-state index in [1.807, 2.05) is 0 Å². The summed E-state index contributed by atoms with van der Waals surface area (Å²) in [7, 11) is -9.95. The molecule has 0 rings (SSSR count). The van der Waals surface area contributed by atoms with E-state index in [0.717, 1.165) is 154 Å². The van der Waals surface area contributed by atoms with E-state index < -0.39 is 97.5 Å². The Hall–Kier alpha value is -3.50. The zero-order chi connectivity index (χ0) is 71.8. The van der Waals surface area contributed by atoms with Crippen LogP contribution in [0.3, 0.4) is 0 Å². The third kappa shape index (κ3) is 70.9. The number of ether oxygens (including phenoxy) is 4. The van der Waals surface area contributed by atoms with Crippen LogP contribution in [0.5, 0.6) is 0 Å². The minimum atomic E-state index is -4.98. The van der Waals surface area contributed by atoms with Gasteiger partial charge in [-0.1, -0.05) is 268 Å². The molecule has 19 heteroatoms. The van der Waals surface area contributed by atoms with Gasteiger partial charge in [-0.2, -0.15) is 0 Å². The smallest absolute Gasteiger partial charge is 0.462 e. The van der Waals surface area contributed by atoms with Gasteiger partial charge >= 0.3 is 39.5 Å². The molecule has 0 fully saturated rings. The highest BCUT2D eigenvalue weighted by Crippen LogP contribution is 2.45. The molecule has 0 aliphatic carbocycles. The highest BCUT2D eigenvalue weighted by molar-refractivity contribution is 7.47. The first kappa shape index (κ1) is 94.5. The van der Waals surface area contributed by atoms with Gasteiger partial charge in [0.25, 0.3) is 0 Å². The van der Waals surface area contributed by atoms with Gasteiger partial charge in [-0.25, -0.2) is 9.13 Å². The van der Waals surface area contributed by atoms with Crippen LogP contribution in [0, 0.1) is 0 Å². The molecule has 17 nitrogen and oxygen atoms in total. The second-order valence-corrected chi connectivity index (χ2v) is 29.3. The zero-order valence-corrected chi connectivity index (χ0v) is 64.0. The molecule has 0 aromatic rings. The highest BCUT2D eigenvalue weighted by atomic mass is 31.2. The van der Waals surface area contributed by atoms with Crippen LogP contribution in [0.1, 0.15) is 349 Å². The summed E-state index contributed by atoms with van der Waals surface area (Å²) in [5.74, 6) is -2.21.